The molecule has 0 aliphatic carbocycles. The van der Waals surface area contributed by atoms with Crippen LogP contribution >= 0.6 is 11.6 Å². The molecule has 0 fully saturated rings. The Morgan fingerprint density at radius 1 is 1.25 bits per heavy atom. The largest absolute Gasteiger partial charge is 0.307 e. The van der Waals surface area contributed by atoms with Crippen LogP contribution in [0.3, 0.4) is 0 Å². The van der Waals surface area contributed by atoms with E-state index in [4.69, 9.17) is 17.4 Å². The second-order valence-electron chi connectivity index (χ2n) is 3.02. The Hall–Kier alpha value is -1.72. The first kappa shape index (κ1) is 10.8. The van der Waals surface area contributed by atoms with Gasteiger partial charge in [-0.05, 0) is 18.2 Å². The maximum atomic E-state index is 13.6. The zero-order chi connectivity index (χ0) is 11.5. The van der Waals surface area contributed by atoms with Gasteiger partial charge in [-0.1, -0.05) is 11.6 Å². The summed E-state index contributed by atoms with van der Waals surface area (Å²) in [6, 6.07) is 4.21. The second-order valence-corrected chi connectivity index (χ2v) is 3.46. The number of benzene rings is 1. The van der Waals surface area contributed by atoms with Crippen molar-refractivity contribution in [3.05, 3.63) is 41.4 Å². The molecule has 0 aliphatic heterocycles. The molecule has 1 heterocycles. The van der Waals surface area contributed by atoms with Crippen LogP contribution in [0.2, 0.25) is 5.02 Å². The average Bonchev–Trinajstić information content (AvgIpc) is 2.32. The van der Waals surface area contributed by atoms with Crippen molar-refractivity contribution in [2.75, 3.05) is 5.43 Å². The smallest absolute Gasteiger partial charge is 0.166 e. The Balaban J connectivity index is 2.62. The highest BCUT2D eigenvalue weighted by molar-refractivity contribution is 6.30. The molecular formula is C10H8ClFN4. The predicted octanol–water partition coefficient (Wildman–Crippen LogP) is 2.22. The summed E-state index contributed by atoms with van der Waals surface area (Å²) in [4.78, 5) is 7.95. The standard InChI is InChI=1S/C10H8ClFN4/c11-6-1-2-8(12)7(5-6)9-10(16-13)15-4-3-14-9/h1-5H,13H2,(H,15,16). The van der Waals surface area contributed by atoms with E-state index < -0.39 is 5.82 Å². The molecule has 6 heteroatoms. The molecule has 82 valence electrons. The van der Waals surface area contributed by atoms with Gasteiger partial charge in [0.25, 0.3) is 0 Å². The fraction of sp³-hybridized carbons (Fsp3) is 0. The van der Waals surface area contributed by atoms with Crippen molar-refractivity contribution in [3.8, 4) is 11.3 Å². The monoisotopic (exact) mass is 238 g/mol. The molecule has 1 aromatic heterocycles. The Bertz CT molecular complexity index is 518. The molecule has 0 saturated heterocycles. The number of hydrogen-bond donors (Lipinski definition) is 2. The molecule has 0 aliphatic rings. The third-order valence-corrected chi connectivity index (χ3v) is 2.25. The summed E-state index contributed by atoms with van der Waals surface area (Å²) < 4.78 is 13.6. The summed E-state index contributed by atoms with van der Waals surface area (Å²) in [5, 5.41) is 0.421. The molecule has 2 rings (SSSR count). The van der Waals surface area contributed by atoms with Crippen molar-refractivity contribution >= 4 is 17.4 Å². The van der Waals surface area contributed by atoms with E-state index >= 15 is 0 Å². The van der Waals surface area contributed by atoms with Crippen LogP contribution in [0, 0.1) is 5.82 Å². The molecule has 4 nitrogen and oxygen atoms in total. The van der Waals surface area contributed by atoms with E-state index in [1.54, 1.807) is 0 Å². The van der Waals surface area contributed by atoms with E-state index in [1.807, 2.05) is 0 Å². The number of rotatable bonds is 2. The van der Waals surface area contributed by atoms with Crippen LogP contribution in [-0.4, -0.2) is 9.97 Å². The number of nitrogen functional groups attached to an aromatic ring is 1. The second kappa shape index (κ2) is 4.42. The molecule has 0 atom stereocenters. The fourth-order valence-corrected chi connectivity index (χ4v) is 1.49. The van der Waals surface area contributed by atoms with Crippen molar-refractivity contribution < 1.29 is 4.39 Å². The Kier molecular flexibility index (Phi) is 2.98. The van der Waals surface area contributed by atoms with Gasteiger partial charge in [0.2, 0.25) is 0 Å². The lowest BCUT2D eigenvalue weighted by atomic mass is 10.1. The lowest BCUT2D eigenvalue weighted by Crippen LogP contribution is -2.10. The van der Waals surface area contributed by atoms with Gasteiger partial charge in [0.1, 0.15) is 11.5 Å². The molecule has 0 saturated carbocycles. The summed E-state index contributed by atoms with van der Waals surface area (Å²) in [6.45, 7) is 0. The number of anilines is 1. The van der Waals surface area contributed by atoms with Crippen LogP contribution in [-0.2, 0) is 0 Å². The number of hydrogen-bond acceptors (Lipinski definition) is 4. The number of hydrazine groups is 1. The lowest BCUT2D eigenvalue weighted by molar-refractivity contribution is 0.630. The number of nitrogens with zero attached hydrogens (tertiary/aromatic N) is 2. The normalized spacial score (nSPS) is 10.2. The summed E-state index contributed by atoms with van der Waals surface area (Å²) in [6.07, 6.45) is 2.91. The Labute approximate surface area is 96.3 Å². The third kappa shape index (κ3) is 1.95. The van der Waals surface area contributed by atoms with E-state index in [0.29, 0.717) is 16.5 Å². The number of nitrogens with two attached hydrogens (primary N) is 1. The summed E-state index contributed by atoms with van der Waals surface area (Å²) >= 11 is 5.80. The van der Waals surface area contributed by atoms with E-state index in [9.17, 15) is 4.39 Å². The molecule has 2 aromatic rings. The van der Waals surface area contributed by atoms with E-state index in [2.05, 4.69) is 15.4 Å². The minimum absolute atomic E-state index is 0.258. The van der Waals surface area contributed by atoms with Gasteiger partial charge in [-0.25, -0.2) is 15.2 Å². The van der Waals surface area contributed by atoms with Crippen LogP contribution in [0.15, 0.2) is 30.6 Å². The topological polar surface area (TPSA) is 63.8 Å². The van der Waals surface area contributed by atoms with Crippen LogP contribution in [0.25, 0.3) is 11.3 Å². The molecule has 0 unspecified atom stereocenters. The molecule has 0 amide bonds. The molecule has 1 aromatic carbocycles. The molecular weight excluding hydrogens is 231 g/mol. The van der Waals surface area contributed by atoms with Crippen molar-refractivity contribution in [2.24, 2.45) is 5.84 Å². The average molecular weight is 239 g/mol. The molecule has 3 N–H and O–H groups in total. The predicted molar refractivity (Wildman–Crippen MR) is 60.2 cm³/mol. The third-order valence-electron chi connectivity index (χ3n) is 2.02. The quantitative estimate of drug-likeness (QED) is 0.622. The van der Waals surface area contributed by atoms with E-state index in [-0.39, 0.29) is 5.56 Å². The zero-order valence-electron chi connectivity index (χ0n) is 8.11. The molecule has 0 spiro atoms. The van der Waals surface area contributed by atoms with Crippen molar-refractivity contribution in [1.29, 1.82) is 0 Å². The van der Waals surface area contributed by atoms with Crippen LogP contribution < -0.4 is 11.3 Å². The van der Waals surface area contributed by atoms with Gasteiger partial charge in [0, 0.05) is 23.0 Å². The highest BCUT2D eigenvalue weighted by Gasteiger charge is 2.11. The van der Waals surface area contributed by atoms with Crippen molar-refractivity contribution in [1.82, 2.24) is 9.97 Å². The Morgan fingerprint density at radius 3 is 2.75 bits per heavy atom. The minimum atomic E-state index is -0.429. The van der Waals surface area contributed by atoms with Gasteiger partial charge >= 0.3 is 0 Å². The van der Waals surface area contributed by atoms with Crippen LogP contribution in [0.5, 0.6) is 0 Å². The van der Waals surface area contributed by atoms with Gasteiger partial charge in [-0.15, -0.1) is 0 Å². The van der Waals surface area contributed by atoms with Gasteiger partial charge in [-0.3, -0.25) is 4.98 Å². The molecule has 0 bridgehead atoms. The van der Waals surface area contributed by atoms with Crippen LogP contribution in [0.1, 0.15) is 0 Å². The van der Waals surface area contributed by atoms with Crippen molar-refractivity contribution in [3.63, 3.8) is 0 Å². The number of nitrogens with one attached hydrogen (secondary N) is 1. The number of halogens is 2. The highest BCUT2D eigenvalue weighted by atomic mass is 35.5. The maximum absolute atomic E-state index is 13.6. The number of aromatic nitrogens is 2. The van der Waals surface area contributed by atoms with Crippen LogP contribution in [0.4, 0.5) is 10.2 Å². The first-order chi connectivity index (χ1) is 7.72. The maximum Gasteiger partial charge on any atom is 0.166 e. The van der Waals surface area contributed by atoms with Gasteiger partial charge in [-0.2, -0.15) is 0 Å². The van der Waals surface area contributed by atoms with Gasteiger partial charge < -0.3 is 5.43 Å². The first-order valence-electron chi connectivity index (χ1n) is 4.45. The molecule has 0 radical (unpaired) electrons. The fourth-order valence-electron chi connectivity index (χ4n) is 1.32. The molecule has 16 heavy (non-hydrogen) atoms. The zero-order valence-corrected chi connectivity index (χ0v) is 8.87. The van der Waals surface area contributed by atoms with E-state index in [1.165, 1.54) is 30.6 Å². The van der Waals surface area contributed by atoms with Crippen molar-refractivity contribution in [2.45, 2.75) is 0 Å². The summed E-state index contributed by atoms with van der Waals surface area (Å²) in [5.74, 6) is 5.13. The minimum Gasteiger partial charge on any atom is -0.307 e. The highest BCUT2D eigenvalue weighted by Crippen LogP contribution is 2.27. The Morgan fingerprint density at radius 2 is 2.00 bits per heavy atom. The first-order valence-corrected chi connectivity index (χ1v) is 4.83. The summed E-state index contributed by atoms with van der Waals surface area (Å²) in [7, 11) is 0. The SMILES string of the molecule is NNc1nccnc1-c1cc(Cl)ccc1F. The van der Waals surface area contributed by atoms with Gasteiger partial charge in [0.15, 0.2) is 5.82 Å². The summed E-state index contributed by atoms with van der Waals surface area (Å²) in [5.41, 5.74) is 2.94. The van der Waals surface area contributed by atoms with Gasteiger partial charge in [0.05, 0.1) is 0 Å². The lowest BCUT2D eigenvalue weighted by Gasteiger charge is -2.07. The van der Waals surface area contributed by atoms with E-state index in [0.717, 1.165) is 0 Å².